The van der Waals surface area contributed by atoms with Crippen molar-refractivity contribution in [3.8, 4) is 11.5 Å². The number of phenolic OH excluding ortho intramolecular Hbond substituents is 1. The molecule has 0 saturated heterocycles. The van der Waals surface area contributed by atoms with Crippen LogP contribution in [0.3, 0.4) is 0 Å². The third-order valence-electron chi connectivity index (χ3n) is 2.08. The Hall–Kier alpha value is -1.29. The Morgan fingerprint density at radius 3 is 2.71 bits per heavy atom. The lowest BCUT2D eigenvalue weighted by molar-refractivity contribution is 0.347. The van der Waals surface area contributed by atoms with Gasteiger partial charge in [-0.1, -0.05) is 0 Å². The second-order valence-corrected chi connectivity index (χ2v) is 3.09. The molecule has 0 unspecified atom stereocenters. The van der Waals surface area contributed by atoms with Gasteiger partial charge in [0.15, 0.2) is 17.3 Å². The number of halogens is 1. The number of aryl methyl sites for hydroxylation is 1. The summed E-state index contributed by atoms with van der Waals surface area (Å²) in [6.07, 6.45) is 0.434. The fourth-order valence-corrected chi connectivity index (χ4v) is 1.35. The van der Waals surface area contributed by atoms with Crippen LogP contribution in [0.15, 0.2) is 6.07 Å². The van der Waals surface area contributed by atoms with Gasteiger partial charge in [-0.2, -0.15) is 0 Å². The summed E-state index contributed by atoms with van der Waals surface area (Å²) in [6, 6.07) is 1.58. The Morgan fingerprint density at radius 2 is 2.21 bits per heavy atom. The van der Waals surface area contributed by atoms with E-state index >= 15 is 0 Å². The van der Waals surface area contributed by atoms with Crippen molar-refractivity contribution in [2.24, 2.45) is 5.73 Å². The van der Waals surface area contributed by atoms with Gasteiger partial charge in [-0.05, 0) is 37.1 Å². The van der Waals surface area contributed by atoms with Gasteiger partial charge in [0.1, 0.15) is 0 Å². The van der Waals surface area contributed by atoms with Crippen LogP contribution < -0.4 is 10.5 Å². The van der Waals surface area contributed by atoms with Crippen molar-refractivity contribution in [1.82, 2.24) is 0 Å². The maximum atomic E-state index is 13.6. The summed E-state index contributed by atoms with van der Waals surface area (Å²) in [7, 11) is 1.32. The minimum atomic E-state index is -0.527. The van der Waals surface area contributed by atoms with E-state index in [-0.39, 0.29) is 11.5 Å². The minimum Gasteiger partial charge on any atom is -0.504 e. The first-order valence-electron chi connectivity index (χ1n) is 4.36. The molecule has 3 N–H and O–H groups in total. The predicted molar refractivity (Wildman–Crippen MR) is 52.1 cm³/mol. The Bertz CT molecular complexity index is 339. The number of nitrogens with two attached hydrogens (primary N) is 1. The minimum absolute atomic E-state index is 0.103. The summed E-state index contributed by atoms with van der Waals surface area (Å²) in [4.78, 5) is 0. The fraction of sp³-hybridized carbons (Fsp3) is 0.400. The van der Waals surface area contributed by atoms with Gasteiger partial charge in [-0.25, -0.2) is 4.39 Å². The second kappa shape index (κ2) is 4.28. The number of rotatable bonds is 3. The van der Waals surface area contributed by atoms with Crippen LogP contribution in [0.4, 0.5) is 4.39 Å². The molecular formula is C10H14FNO2. The van der Waals surface area contributed by atoms with Crippen LogP contribution in [-0.2, 0) is 6.42 Å². The quantitative estimate of drug-likeness (QED) is 0.772. The lowest BCUT2D eigenvalue weighted by Crippen LogP contribution is -2.06. The number of methoxy groups -OCH3 is 1. The van der Waals surface area contributed by atoms with Crippen LogP contribution in [-0.4, -0.2) is 18.8 Å². The van der Waals surface area contributed by atoms with Crippen molar-refractivity contribution < 1.29 is 14.2 Å². The summed E-state index contributed by atoms with van der Waals surface area (Å²) in [5.41, 5.74) is 6.40. The largest absolute Gasteiger partial charge is 0.504 e. The summed E-state index contributed by atoms with van der Waals surface area (Å²) in [5, 5.41) is 9.47. The van der Waals surface area contributed by atoms with Crippen LogP contribution in [0.1, 0.15) is 11.1 Å². The molecule has 0 aromatic heterocycles. The van der Waals surface area contributed by atoms with E-state index in [9.17, 15) is 9.50 Å². The van der Waals surface area contributed by atoms with E-state index in [0.717, 1.165) is 0 Å². The highest BCUT2D eigenvalue weighted by molar-refractivity contribution is 5.49. The molecule has 0 bridgehead atoms. The van der Waals surface area contributed by atoms with Gasteiger partial charge in [0.25, 0.3) is 0 Å². The molecule has 0 aliphatic heterocycles. The summed E-state index contributed by atoms with van der Waals surface area (Å²) in [6.45, 7) is 2.06. The third kappa shape index (κ3) is 1.80. The van der Waals surface area contributed by atoms with Gasteiger partial charge < -0.3 is 15.6 Å². The van der Waals surface area contributed by atoms with E-state index in [2.05, 4.69) is 0 Å². The maximum Gasteiger partial charge on any atom is 0.197 e. The molecular weight excluding hydrogens is 185 g/mol. The molecule has 0 atom stereocenters. The normalized spacial score (nSPS) is 10.3. The van der Waals surface area contributed by atoms with Gasteiger partial charge in [0, 0.05) is 0 Å². The molecule has 1 rings (SSSR count). The number of ether oxygens (including phenoxy) is 1. The Morgan fingerprint density at radius 1 is 1.57 bits per heavy atom. The molecule has 0 radical (unpaired) electrons. The molecule has 4 heteroatoms. The molecule has 78 valence electrons. The molecule has 0 fully saturated rings. The zero-order valence-electron chi connectivity index (χ0n) is 8.30. The first-order valence-corrected chi connectivity index (χ1v) is 4.36. The van der Waals surface area contributed by atoms with Gasteiger partial charge in [0.2, 0.25) is 0 Å². The second-order valence-electron chi connectivity index (χ2n) is 3.09. The van der Waals surface area contributed by atoms with Crippen molar-refractivity contribution in [3.05, 3.63) is 23.0 Å². The molecule has 3 nitrogen and oxygen atoms in total. The van der Waals surface area contributed by atoms with E-state index in [0.29, 0.717) is 24.1 Å². The van der Waals surface area contributed by atoms with E-state index in [1.165, 1.54) is 7.11 Å². The zero-order valence-corrected chi connectivity index (χ0v) is 8.30. The molecule has 14 heavy (non-hydrogen) atoms. The molecule has 0 aliphatic rings. The Kier molecular flexibility index (Phi) is 3.30. The lowest BCUT2D eigenvalue weighted by Gasteiger charge is -2.11. The van der Waals surface area contributed by atoms with Crippen molar-refractivity contribution in [2.75, 3.05) is 13.7 Å². The fourth-order valence-electron chi connectivity index (χ4n) is 1.35. The van der Waals surface area contributed by atoms with Crippen LogP contribution >= 0.6 is 0 Å². The van der Waals surface area contributed by atoms with E-state index < -0.39 is 5.82 Å². The summed E-state index contributed by atoms with van der Waals surface area (Å²) >= 11 is 0. The number of hydrogen-bond acceptors (Lipinski definition) is 3. The Balaban J connectivity index is 3.27. The highest BCUT2D eigenvalue weighted by Crippen LogP contribution is 2.34. The van der Waals surface area contributed by atoms with Crippen molar-refractivity contribution in [3.63, 3.8) is 0 Å². The highest BCUT2D eigenvalue weighted by Gasteiger charge is 2.15. The number of hydrogen-bond donors (Lipinski definition) is 2. The van der Waals surface area contributed by atoms with Crippen LogP contribution in [0.2, 0.25) is 0 Å². The lowest BCUT2D eigenvalue weighted by atomic mass is 10.1. The molecule has 1 aromatic rings. The van der Waals surface area contributed by atoms with Crippen molar-refractivity contribution in [1.29, 1.82) is 0 Å². The maximum absolute atomic E-state index is 13.6. The number of aromatic hydroxyl groups is 1. The smallest absolute Gasteiger partial charge is 0.197 e. The van der Waals surface area contributed by atoms with Crippen molar-refractivity contribution in [2.45, 2.75) is 13.3 Å². The molecule has 0 heterocycles. The zero-order chi connectivity index (χ0) is 10.7. The van der Waals surface area contributed by atoms with Crippen LogP contribution in [0.25, 0.3) is 0 Å². The first kappa shape index (κ1) is 10.8. The van der Waals surface area contributed by atoms with Gasteiger partial charge >= 0.3 is 0 Å². The van der Waals surface area contributed by atoms with Gasteiger partial charge in [-0.3, -0.25) is 0 Å². The Labute approximate surface area is 82.3 Å². The number of phenols is 1. The predicted octanol–water partition coefficient (Wildman–Crippen LogP) is 1.35. The summed E-state index contributed by atoms with van der Waals surface area (Å²) < 4.78 is 18.3. The standard InChI is InChI=1S/C10H14FNO2/c1-6-5-7(3-4-12)8(11)10(14-2)9(6)13/h5,13H,3-4,12H2,1-2H3. The highest BCUT2D eigenvalue weighted by atomic mass is 19.1. The number of benzene rings is 1. The average Bonchev–Trinajstić information content (AvgIpc) is 2.16. The molecule has 0 aliphatic carbocycles. The van der Waals surface area contributed by atoms with Gasteiger partial charge in [-0.15, -0.1) is 0 Å². The van der Waals surface area contributed by atoms with E-state index in [1.54, 1.807) is 13.0 Å². The SMILES string of the molecule is COc1c(O)c(C)cc(CCN)c1F. The monoisotopic (exact) mass is 199 g/mol. The first-order chi connectivity index (χ1) is 6.61. The average molecular weight is 199 g/mol. The molecule has 0 saturated carbocycles. The topological polar surface area (TPSA) is 55.5 Å². The van der Waals surface area contributed by atoms with Gasteiger partial charge in [0.05, 0.1) is 7.11 Å². The van der Waals surface area contributed by atoms with E-state index in [4.69, 9.17) is 10.5 Å². The van der Waals surface area contributed by atoms with Crippen molar-refractivity contribution >= 4 is 0 Å². The summed E-state index contributed by atoms with van der Waals surface area (Å²) in [5.74, 6) is -0.778. The van der Waals surface area contributed by atoms with Crippen LogP contribution in [0, 0.1) is 12.7 Å². The van der Waals surface area contributed by atoms with E-state index in [1.807, 2.05) is 0 Å². The third-order valence-corrected chi connectivity index (χ3v) is 2.08. The molecule has 0 amide bonds. The molecule has 1 aromatic carbocycles. The molecule has 0 spiro atoms. The van der Waals surface area contributed by atoms with Crippen LogP contribution in [0.5, 0.6) is 11.5 Å².